The predicted octanol–water partition coefficient (Wildman–Crippen LogP) is 3.20. The van der Waals surface area contributed by atoms with Crippen LogP contribution in [0.3, 0.4) is 0 Å². The maximum absolute atomic E-state index is 13.5. The van der Waals surface area contributed by atoms with Crippen LogP contribution in [0.5, 0.6) is 5.75 Å². The molecule has 2 N–H and O–H groups in total. The van der Waals surface area contributed by atoms with Crippen molar-refractivity contribution in [1.29, 1.82) is 0 Å². The molecule has 2 heterocycles. The van der Waals surface area contributed by atoms with E-state index in [9.17, 15) is 9.59 Å². The number of rotatable bonds is 7. The van der Waals surface area contributed by atoms with Gasteiger partial charge in [-0.15, -0.1) is 11.3 Å². The lowest BCUT2D eigenvalue weighted by molar-refractivity contribution is -0.126. The second kappa shape index (κ2) is 9.32. The Hall–Kier alpha value is -3.16. The molecule has 6 nitrogen and oxygen atoms in total. The van der Waals surface area contributed by atoms with Gasteiger partial charge in [0.2, 0.25) is 11.8 Å². The number of primary amides is 1. The first-order valence-corrected chi connectivity index (χ1v) is 11.0. The molecule has 31 heavy (non-hydrogen) atoms. The van der Waals surface area contributed by atoms with Crippen LogP contribution >= 0.6 is 11.3 Å². The molecule has 1 aliphatic rings. The number of benzene rings is 2. The van der Waals surface area contributed by atoms with Gasteiger partial charge in [-0.25, -0.2) is 0 Å². The zero-order valence-electron chi connectivity index (χ0n) is 17.4. The third-order valence-corrected chi connectivity index (χ3v) is 6.45. The van der Waals surface area contributed by atoms with Crippen molar-refractivity contribution in [3.05, 3.63) is 82.0 Å². The lowest BCUT2D eigenvalue weighted by atomic mass is 9.93. The molecule has 0 saturated carbocycles. The van der Waals surface area contributed by atoms with E-state index in [4.69, 9.17) is 10.5 Å². The molecule has 1 atom stereocenters. The first-order chi connectivity index (χ1) is 15.0. The third kappa shape index (κ3) is 4.78. The maximum atomic E-state index is 13.5. The average Bonchev–Trinajstić information content (AvgIpc) is 3.30. The van der Waals surface area contributed by atoms with Crippen molar-refractivity contribution in [3.63, 3.8) is 0 Å². The molecule has 7 heteroatoms. The van der Waals surface area contributed by atoms with Crippen molar-refractivity contribution in [3.8, 4) is 5.75 Å². The summed E-state index contributed by atoms with van der Waals surface area (Å²) in [5, 5.41) is 2.00. The molecule has 0 fully saturated rings. The topological polar surface area (TPSA) is 75.9 Å². The third-order valence-electron chi connectivity index (χ3n) is 5.59. The highest BCUT2D eigenvalue weighted by atomic mass is 32.1. The molecule has 2 amide bonds. The Kier molecular flexibility index (Phi) is 6.34. The van der Waals surface area contributed by atoms with Gasteiger partial charge in [-0.2, -0.15) is 0 Å². The minimum Gasteiger partial charge on any atom is -0.497 e. The largest absolute Gasteiger partial charge is 0.497 e. The van der Waals surface area contributed by atoms with Crippen molar-refractivity contribution in [2.24, 2.45) is 5.73 Å². The fourth-order valence-electron chi connectivity index (χ4n) is 3.93. The standard InChI is InChI=1S/C24H25N3O3S/c1-30-20-10-8-19(9-11-20)27(15-21-7-4-12-31-21)23(28)16-26-14-18-6-3-2-5-17(18)13-22(26)24(25)29/h2-12,22H,13-16H2,1H3,(H2,25,29). The molecule has 0 saturated heterocycles. The summed E-state index contributed by atoms with van der Waals surface area (Å²) in [5.41, 5.74) is 8.72. The van der Waals surface area contributed by atoms with Gasteiger partial charge in [0.1, 0.15) is 5.75 Å². The Morgan fingerprint density at radius 2 is 1.84 bits per heavy atom. The highest BCUT2D eigenvalue weighted by molar-refractivity contribution is 7.09. The Bertz CT molecular complexity index is 1050. The molecule has 160 valence electrons. The molecule has 1 unspecified atom stereocenters. The number of methoxy groups -OCH3 is 1. The van der Waals surface area contributed by atoms with Crippen LogP contribution in [0.1, 0.15) is 16.0 Å². The summed E-state index contributed by atoms with van der Waals surface area (Å²) in [5.74, 6) is 0.245. The van der Waals surface area contributed by atoms with Gasteiger partial charge < -0.3 is 15.4 Å². The molecule has 4 rings (SSSR count). The Balaban J connectivity index is 1.59. The molecule has 1 aromatic heterocycles. The highest BCUT2D eigenvalue weighted by Crippen LogP contribution is 2.26. The summed E-state index contributed by atoms with van der Waals surface area (Å²) in [7, 11) is 1.61. The lowest BCUT2D eigenvalue weighted by Crippen LogP contribution is -2.52. The zero-order chi connectivity index (χ0) is 21.8. The SMILES string of the molecule is COc1ccc(N(Cc2cccs2)C(=O)CN2Cc3ccccc3CC2C(N)=O)cc1. The lowest BCUT2D eigenvalue weighted by Gasteiger charge is -2.36. The zero-order valence-corrected chi connectivity index (χ0v) is 18.2. The van der Waals surface area contributed by atoms with Crippen LogP contribution in [0.15, 0.2) is 66.0 Å². The number of nitrogens with two attached hydrogens (primary N) is 1. The molecule has 0 spiro atoms. The first kappa shape index (κ1) is 21.1. The van der Waals surface area contributed by atoms with Gasteiger partial charge >= 0.3 is 0 Å². The molecule has 0 radical (unpaired) electrons. The Morgan fingerprint density at radius 1 is 1.10 bits per heavy atom. The second-order valence-electron chi connectivity index (χ2n) is 7.55. The van der Waals surface area contributed by atoms with Gasteiger partial charge in [-0.1, -0.05) is 30.3 Å². The van der Waals surface area contributed by atoms with E-state index in [0.29, 0.717) is 19.5 Å². The van der Waals surface area contributed by atoms with Crippen LogP contribution in [-0.4, -0.2) is 36.4 Å². The molecule has 0 bridgehead atoms. The van der Waals surface area contributed by atoms with Gasteiger partial charge in [-0.05, 0) is 53.3 Å². The van der Waals surface area contributed by atoms with Crippen LogP contribution in [-0.2, 0) is 29.1 Å². The molecule has 2 aromatic carbocycles. The van der Waals surface area contributed by atoms with Gasteiger partial charge in [0.25, 0.3) is 0 Å². The van der Waals surface area contributed by atoms with Crippen LogP contribution in [0.4, 0.5) is 5.69 Å². The quantitative estimate of drug-likeness (QED) is 0.618. The van der Waals surface area contributed by atoms with Crippen LogP contribution in [0.25, 0.3) is 0 Å². The van der Waals surface area contributed by atoms with Gasteiger partial charge in [0, 0.05) is 17.1 Å². The minimum absolute atomic E-state index is 0.0794. The highest BCUT2D eigenvalue weighted by Gasteiger charge is 2.32. The van der Waals surface area contributed by atoms with Crippen molar-refractivity contribution < 1.29 is 14.3 Å². The number of anilines is 1. The van der Waals surface area contributed by atoms with E-state index in [2.05, 4.69) is 0 Å². The summed E-state index contributed by atoms with van der Waals surface area (Å²) in [6.45, 7) is 1.10. The van der Waals surface area contributed by atoms with Crippen molar-refractivity contribution in [2.45, 2.75) is 25.6 Å². The van der Waals surface area contributed by atoms with E-state index in [-0.39, 0.29) is 12.5 Å². The van der Waals surface area contributed by atoms with E-state index in [0.717, 1.165) is 27.4 Å². The minimum atomic E-state index is -0.502. The van der Waals surface area contributed by atoms with E-state index < -0.39 is 11.9 Å². The fraction of sp³-hybridized carbons (Fsp3) is 0.250. The number of nitrogens with zero attached hydrogens (tertiary/aromatic N) is 2. The van der Waals surface area contributed by atoms with Crippen LogP contribution < -0.4 is 15.4 Å². The van der Waals surface area contributed by atoms with Crippen LogP contribution in [0.2, 0.25) is 0 Å². The van der Waals surface area contributed by atoms with Crippen molar-refractivity contribution in [1.82, 2.24) is 4.90 Å². The van der Waals surface area contributed by atoms with Gasteiger partial charge in [0.05, 0.1) is 26.2 Å². The Morgan fingerprint density at radius 3 is 2.48 bits per heavy atom. The average molecular weight is 436 g/mol. The normalized spacial score (nSPS) is 15.8. The van der Waals surface area contributed by atoms with Gasteiger partial charge in [-0.3, -0.25) is 14.5 Å². The second-order valence-corrected chi connectivity index (χ2v) is 8.59. The monoisotopic (exact) mass is 435 g/mol. The number of thiophene rings is 1. The smallest absolute Gasteiger partial charge is 0.241 e. The van der Waals surface area contributed by atoms with E-state index in [1.54, 1.807) is 23.3 Å². The number of fused-ring (bicyclic) bond motifs is 1. The summed E-state index contributed by atoms with van der Waals surface area (Å²) < 4.78 is 5.25. The molecule has 3 aromatic rings. The van der Waals surface area contributed by atoms with E-state index in [1.807, 2.05) is 70.9 Å². The Labute approximate surface area is 185 Å². The molecular formula is C24H25N3O3S. The fourth-order valence-corrected chi connectivity index (χ4v) is 4.62. The number of hydrogen-bond donors (Lipinski definition) is 1. The molecular weight excluding hydrogens is 410 g/mol. The first-order valence-electron chi connectivity index (χ1n) is 10.1. The van der Waals surface area contributed by atoms with Gasteiger partial charge in [0.15, 0.2) is 0 Å². The number of carbonyl (C=O) groups excluding carboxylic acids is 2. The number of ether oxygens (including phenoxy) is 1. The molecule has 0 aliphatic carbocycles. The summed E-state index contributed by atoms with van der Waals surface area (Å²) in [6, 6.07) is 18.9. The predicted molar refractivity (Wildman–Crippen MR) is 122 cm³/mol. The molecule has 1 aliphatic heterocycles. The maximum Gasteiger partial charge on any atom is 0.241 e. The van der Waals surface area contributed by atoms with E-state index >= 15 is 0 Å². The number of hydrogen-bond acceptors (Lipinski definition) is 5. The summed E-state index contributed by atoms with van der Waals surface area (Å²) in [6.07, 6.45) is 0.520. The summed E-state index contributed by atoms with van der Waals surface area (Å²) in [4.78, 5) is 30.4. The van der Waals surface area contributed by atoms with E-state index in [1.165, 1.54) is 0 Å². The van der Waals surface area contributed by atoms with Crippen molar-refractivity contribution >= 4 is 28.8 Å². The van der Waals surface area contributed by atoms with Crippen LogP contribution in [0, 0.1) is 0 Å². The summed E-state index contributed by atoms with van der Waals surface area (Å²) >= 11 is 1.61. The number of amides is 2. The number of carbonyl (C=O) groups is 2. The van der Waals surface area contributed by atoms with Crippen molar-refractivity contribution in [2.75, 3.05) is 18.6 Å².